The number of nitrogens with two attached hydrogens (primary N) is 1. The highest BCUT2D eigenvalue weighted by atomic mass is 16.5. The Kier molecular flexibility index (Phi) is 3.34. The third-order valence-corrected chi connectivity index (χ3v) is 2.04. The van der Waals surface area contributed by atoms with Gasteiger partial charge < -0.3 is 15.8 Å². The zero-order chi connectivity index (χ0) is 12.1. The summed E-state index contributed by atoms with van der Waals surface area (Å²) in [4.78, 5) is 12.1. The van der Waals surface area contributed by atoms with Gasteiger partial charge in [0, 0.05) is 6.20 Å². The lowest BCUT2D eigenvalue weighted by Crippen LogP contribution is -2.05. The van der Waals surface area contributed by atoms with Gasteiger partial charge in [0.05, 0.1) is 6.61 Å². The van der Waals surface area contributed by atoms with E-state index in [1.165, 1.54) is 6.33 Å². The largest absolute Gasteiger partial charge is 0.476 e. The maximum absolute atomic E-state index is 5.88. The fraction of sp³-hybridized carbons (Fsp3) is 0.182. The van der Waals surface area contributed by atoms with Crippen molar-refractivity contribution in [3.8, 4) is 5.88 Å². The van der Waals surface area contributed by atoms with Crippen LogP contribution >= 0.6 is 0 Å². The minimum Gasteiger partial charge on any atom is -0.476 e. The van der Waals surface area contributed by atoms with E-state index < -0.39 is 0 Å². The standard InChI is InChI=1S/C11H13N5O/c1-2-17-11-9(12)10(14-7-15-11)16-8-5-3-4-6-13-8/h3-7H,2,12H2,1H3,(H,13,14,15,16). The van der Waals surface area contributed by atoms with Gasteiger partial charge in [-0.1, -0.05) is 6.07 Å². The number of nitrogen functional groups attached to an aromatic ring is 1. The number of anilines is 3. The Labute approximate surface area is 98.9 Å². The van der Waals surface area contributed by atoms with Gasteiger partial charge in [-0.2, -0.15) is 4.98 Å². The van der Waals surface area contributed by atoms with Crippen molar-refractivity contribution in [2.45, 2.75) is 6.92 Å². The van der Waals surface area contributed by atoms with Crippen LogP contribution in [0.1, 0.15) is 6.92 Å². The Morgan fingerprint density at radius 3 is 2.88 bits per heavy atom. The van der Waals surface area contributed by atoms with Crippen LogP contribution in [-0.2, 0) is 0 Å². The minimum absolute atomic E-state index is 0.375. The van der Waals surface area contributed by atoms with Crippen LogP contribution < -0.4 is 15.8 Å². The van der Waals surface area contributed by atoms with E-state index in [0.717, 1.165) is 0 Å². The van der Waals surface area contributed by atoms with Crippen molar-refractivity contribution in [3.05, 3.63) is 30.7 Å². The van der Waals surface area contributed by atoms with Crippen molar-refractivity contribution in [2.24, 2.45) is 0 Å². The van der Waals surface area contributed by atoms with Crippen LogP contribution in [0.15, 0.2) is 30.7 Å². The molecular formula is C11H13N5O. The predicted octanol–water partition coefficient (Wildman–Crippen LogP) is 1.60. The Morgan fingerprint density at radius 2 is 2.18 bits per heavy atom. The first-order valence-corrected chi connectivity index (χ1v) is 5.22. The van der Waals surface area contributed by atoms with E-state index in [1.807, 2.05) is 25.1 Å². The lowest BCUT2D eigenvalue weighted by atomic mass is 10.4. The number of nitrogens with one attached hydrogen (secondary N) is 1. The zero-order valence-electron chi connectivity index (χ0n) is 9.42. The molecule has 0 saturated heterocycles. The van der Waals surface area contributed by atoms with E-state index in [1.54, 1.807) is 6.20 Å². The Morgan fingerprint density at radius 1 is 1.29 bits per heavy atom. The van der Waals surface area contributed by atoms with Crippen molar-refractivity contribution < 1.29 is 4.74 Å². The van der Waals surface area contributed by atoms with Crippen molar-refractivity contribution in [2.75, 3.05) is 17.7 Å². The zero-order valence-corrected chi connectivity index (χ0v) is 9.42. The highest BCUT2D eigenvalue weighted by molar-refractivity contribution is 5.70. The second kappa shape index (κ2) is 5.11. The summed E-state index contributed by atoms with van der Waals surface area (Å²) in [6.45, 7) is 2.37. The summed E-state index contributed by atoms with van der Waals surface area (Å²) in [6.07, 6.45) is 3.08. The summed E-state index contributed by atoms with van der Waals surface area (Å²) in [6, 6.07) is 5.53. The van der Waals surface area contributed by atoms with Crippen LogP contribution in [0, 0.1) is 0 Å². The molecule has 0 aliphatic rings. The van der Waals surface area contributed by atoms with Gasteiger partial charge >= 0.3 is 0 Å². The third kappa shape index (κ3) is 2.60. The van der Waals surface area contributed by atoms with Crippen molar-refractivity contribution in [3.63, 3.8) is 0 Å². The summed E-state index contributed by atoms with van der Waals surface area (Å²) in [5, 5.41) is 3.00. The second-order valence-corrected chi connectivity index (χ2v) is 3.21. The van der Waals surface area contributed by atoms with Gasteiger partial charge in [0.2, 0.25) is 5.88 Å². The van der Waals surface area contributed by atoms with E-state index in [-0.39, 0.29) is 0 Å². The van der Waals surface area contributed by atoms with E-state index in [9.17, 15) is 0 Å². The molecule has 6 heteroatoms. The molecule has 0 aliphatic carbocycles. The lowest BCUT2D eigenvalue weighted by Gasteiger charge is -2.10. The predicted molar refractivity (Wildman–Crippen MR) is 65.1 cm³/mol. The van der Waals surface area contributed by atoms with Gasteiger partial charge in [-0.15, -0.1) is 0 Å². The number of hydrogen-bond donors (Lipinski definition) is 2. The van der Waals surface area contributed by atoms with E-state index in [2.05, 4.69) is 20.3 Å². The van der Waals surface area contributed by atoms with Gasteiger partial charge in [0.25, 0.3) is 0 Å². The van der Waals surface area contributed by atoms with Crippen molar-refractivity contribution >= 4 is 17.3 Å². The summed E-state index contributed by atoms with van der Waals surface area (Å²) >= 11 is 0. The molecule has 2 aromatic heterocycles. The van der Waals surface area contributed by atoms with Crippen LogP contribution in [0.2, 0.25) is 0 Å². The number of pyridine rings is 1. The molecule has 0 spiro atoms. The highest BCUT2D eigenvalue weighted by Gasteiger charge is 2.08. The maximum Gasteiger partial charge on any atom is 0.242 e. The fourth-order valence-electron chi connectivity index (χ4n) is 1.29. The number of ether oxygens (including phenoxy) is 1. The average molecular weight is 231 g/mol. The molecule has 2 aromatic rings. The smallest absolute Gasteiger partial charge is 0.242 e. The van der Waals surface area contributed by atoms with Crippen molar-refractivity contribution in [1.29, 1.82) is 0 Å². The lowest BCUT2D eigenvalue weighted by molar-refractivity contribution is 0.328. The third-order valence-electron chi connectivity index (χ3n) is 2.04. The molecule has 0 fully saturated rings. The van der Waals surface area contributed by atoms with Crippen LogP contribution in [0.25, 0.3) is 0 Å². The minimum atomic E-state index is 0.375. The maximum atomic E-state index is 5.88. The molecule has 0 aliphatic heterocycles. The quantitative estimate of drug-likeness (QED) is 0.831. The first kappa shape index (κ1) is 11.1. The molecule has 0 radical (unpaired) electrons. The van der Waals surface area contributed by atoms with Crippen LogP contribution in [0.5, 0.6) is 5.88 Å². The second-order valence-electron chi connectivity index (χ2n) is 3.21. The summed E-state index contributed by atoms with van der Waals surface area (Å²) in [5.41, 5.74) is 6.25. The van der Waals surface area contributed by atoms with Gasteiger partial charge in [0.15, 0.2) is 5.82 Å². The van der Waals surface area contributed by atoms with E-state index in [4.69, 9.17) is 10.5 Å². The molecule has 0 aromatic carbocycles. The molecule has 0 unspecified atom stereocenters. The summed E-state index contributed by atoms with van der Waals surface area (Å²) in [5.74, 6) is 1.53. The van der Waals surface area contributed by atoms with Crippen molar-refractivity contribution in [1.82, 2.24) is 15.0 Å². The summed E-state index contributed by atoms with van der Waals surface area (Å²) in [7, 11) is 0. The molecular weight excluding hydrogens is 218 g/mol. The molecule has 17 heavy (non-hydrogen) atoms. The monoisotopic (exact) mass is 231 g/mol. The first-order chi connectivity index (χ1) is 8.31. The molecule has 0 bridgehead atoms. The number of nitrogens with zero attached hydrogens (tertiary/aromatic N) is 3. The van der Waals surface area contributed by atoms with Gasteiger partial charge in [-0.3, -0.25) is 0 Å². The molecule has 0 saturated carbocycles. The first-order valence-electron chi connectivity index (χ1n) is 5.22. The van der Waals surface area contributed by atoms with Gasteiger partial charge in [-0.05, 0) is 19.1 Å². The normalized spacial score (nSPS) is 9.94. The number of aromatic nitrogens is 3. The van der Waals surface area contributed by atoms with E-state index >= 15 is 0 Å². The summed E-state index contributed by atoms with van der Waals surface area (Å²) < 4.78 is 5.28. The molecule has 88 valence electrons. The topological polar surface area (TPSA) is 86.0 Å². The van der Waals surface area contributed by atoms with E-state index in [0.29, 0.717) is 29.8 Å². The molecule has 0 atom stereocenters. The SMILES string of the molecule is CCOc1ncnc(Nc2ccccn2)c1N. The number of rotatable bonds is 4. The molecule has 2 heterocycles. The highest BCUT2D eigenvalue weighted by Crippen LogP contribution is 2.26. The Balaban J connectivity index is 2.24. The Hall–Kier alpha value is -2.37. The van der Waals surface area contributed by atoms with Gasteiger partial charge in [-0.25, -0.2) is 9.97 Å². The molecule has 6 nitrogen and oxygen atoms in total. The van der Waals surface area contributed by atoms with Crippen LogP contribution in [0.3, 0.4) is 0 Å². The van der Waals surface area contributed by atoms with Crippen LogP contribution in [-0.4, -0.2) is 21.6 Å². The number of hydrogen-bond acceptors (Lipinski definition) is 6. The average Bonchev–Trinajstić information content (AvgIpc) is 2.36. The fourth-order valence-corrected chi connectivity index (χ4v) is 1.29. The van der Waals surface area contributed by atoms with Gasteiger partial charge in [0.1, 0.15) is 17.8 Å². The van der Waals surface area contributed by atoms with Crippen LogP contribution in [0.4, 0.5) is 17.3 Å². The Bertz CT molecular complexity index is 488. The molecule has 3 N–H and O–H groups in total. The molecule has 0 amide bonds. The molecule has 2 rings (SSSR count).